The summed E-state index contributed by atoms with van der Waals surface area (Å²) in [5, 5.41) is 12.2. The molecule has 1 amide bonds. The number of ketones is 1. The molecule has 0 fully saturated rings. The first-order valence-corrected chi connectivity index (χ1v) is 11.5. The molecule has 32 heavy (non-hydrogen) atoms. The van der Waals surface area contributed by atoms with Crippen LogP contribution in [0.4, 0.5) is 5.69 Å². The standard InChI is InChI=1S/C26H23BrClNO3/c1-15-10-17(3)20(11-16(15)2)24(30)13-26(32)21-12-19(27)8-9-23(21)29(25(26)31)14-18-6-4-5-7-22(18)28/h4-12,32H,13-14H2,1-3H3. The number of rotatable bonds is 5. The molecule has 0 aliphatic carbocycles. The lowest BCUT2D eigenvalue weighted by Gasteiger charge is -2.23. The first kappa shape index (κ1) is 22.7. The van der Waals surface area contributed by atoms with E-state index in [1.54, 1.807) is 18.2 Å². The van der Waals surface area contributed by atoms with E-state index in [0.29, 0.717) is 21.8 Å². The number of halogens is 2. The molecular formula is C26H23BrClNO3. The van der Waals surface area contributed by atoms with Crippen molar-refractivity contribution in [1.82, 2.24) is 0 Å². The highest BCUT2D eigenvalue weighted by Crippen LogP contribution is 2.45. The summed E-state index contributed by atoms with van der Waals surface area (Å²) >= 11 is 9.75. The molecule has 0 bridgehead atoms. The van der Waals surface area contributed by atoms with Crippen LogP contribution in [0.2, 0.25) is 5.02 Å². The second-order valence-electron chi connectivity index (χ2n) is 8.36. The molecule has 0 aromatic heterocycles. The van der Waals surface area contributed by atoms with Crippen LogP contribution in [-0.4, -0.2) is 16.8 Å². The lowest BCUT2D eigenvalue weighted by molar-refractivity contribution is -0.136. The van der Waals surface area contributed by atoms with Crippen molar-refractivity contribution in [2.75, 3.05) is 4.90 Å². The molecule has 0 radical (unpaired) electrons. The van der Waals surface area contributed by atoms with E-state index in [-0.39, 0.29) is 18.7 Å². The molecule has 3 aromatic carbocycles. The van der Waals surface area contributed by atoms with Gasteiger partial charge in [0.05, 0.1) is 18.7 Å². The molecule has 6 heteroatoms. The van der Waals surface area contributed by atoms with E-state index in [1.165, 1.54) is 4.90 Å². The SMILES string of the molecule is Cc1cc(C)c(C(=O)CC2(O)C(=O)N(Cc3ccccc3Cl)c3ccc(Br)cc32)cc1C. The zero-order valence-electron chi connectivity index (χ0n) is 18.1. The summed E-state index contributed by atoms with van der Waals surface area (Å²) in [6.45, 7) is 6.00. The van der Waals surface area contributed by atoms with E-state index >= 15 is 0 Å². The lowest BCUT2D eigenvalue weighted by atomic mass is 9.86. The number of hydrogen-bond acceptors (Lipinski definition) is 3. The van der Waals surface area contributed by atoms with Crippen LogP contribution in [0.25, 0.3) is 0 Å². The third-order valence-corrected chi connectivity index (χ3v) is 7.00. The Morgan fingerprint density at radius 1 is 1.03 bits per heavy atom. The molecule has 1 aliphatic heterocycles. The number of hydrogen-bond donors (Lipinski definition) is 1. The molecule has 1 atom stereocenters. The van der Waals surface area contributed by atoms with Crippen LogP contribution < -0.4 is 4.90 Å². The number of Topliss-reactive ketones (excluding diaryl/α,β-unsaturated/α-hetero) is 1. The predicted molar refractivity (Wildman–Crippen MR) is 130 cm³/mol. The Morgan fingerprint density at radius 2 is 1.72 bits per heavy atom. The minimum Gasteiger partial charge on any atom is -0.375 e. The van der Waals surface area contributed by atoms with Gasteiger partial charge in [0.2, 0.25) is 0 Å². The van der Waals surface area contributed by atoms with E-state index in [2.05, 4.69) is 15.9 Å². The Hall–Kier alpha value is -2.47. The molecule has 0 saturated heterocycles. The van der Waals surface area contributed by atoms with Gasteiger partial charge >= 0.3 is 0 Å². The third-order valence-electron chi connectivity index (χ3n) is 6.14. The fourth-order valence-corrected chi connectivity index (χ4v) is 4.79. The first-order chi connectivity index (χ1) is 15.1. The lowest BCUT2D eigenvalue weighted by Crippen LogP contribution is -2.41. The molecule has 1 N–H and O–H groups in total. The van der Waals surface area contributed by atoms with Crippen LogP contribution in [0.1, 0.15) is 44.6 Å². The van der Waals surface area contributed by atoms with Gasteiger partial charge in [0.15, 0.2) is 11.4 Å². The number of carbonyl (C=O) groups is 2. The Morgan fingerprint density at radius 3 is 2.44 bits per heavy atom. The van der Waals surface area contributed by atoms with Gasteiger partial charge < -0.3 is 10.0 Å². The third kappa shape index (κ3) is 3.90. The largest absolute Gasteiger partial charge is 0.375 e. The number of nitrogens with zero attached hydrogens (tertiary/aromatic N) is 1. The van der Waals surface area contributed by atoms with Crippen molar-refractivity contribution < 1.29 is 14.7 Å². The maximum absolute atomic E-state index is 13.5. The van der Waals surface area contributed by atoms with Crippen molar-refractivity contribution in [3.63, 3.8) is 0 Å². The van der Waals surface area contributed by atoms with Crippen LogP contribution in [0.3, 0.4) is 0 Å². The number of amides is 1. The summed E-state index contributed by atoms with van der Waals surface area (Å²) in [5.74, 6) is -0.799. The number of benzene rings is 3. The molecule has 0 spiro atoms. The van der Waals surface area contributed by atoms with Gasteiger partial charge in [-0.15, -0.1) is 0 Å². The predicted octanol–water partition coefficient (Wildman–Crippen LogP) is 6.04. The fraction of sp³-hybridized carbons (Fsp3) is 0.231. The number of anilines is 1. The van der Waals surface area contributed by atoms with Gasteiger partial charge in [-0.25, -0.2) is 0 Å². The Kier molecular flexibility index (Phi) is 6.01. The van der Waals surface area contributed by atoms with Gasteiger partial charge in [0, 0.05) is 20.6 Å². The first-order valence-electron chi connectivity index (χ1n) is 10.3. The normalized spacial score (nSPS) is 17.6. The second kappa shape index (κ2) is 8.47. The Labute approximate surface area is 201 Å². The van der Waals surface area contributed by atoms with Crippen molar-refractivity contribution in [2.45, 2.75) is 39.3 Å². The van der Waals surface area contributed by atoms with E-state index < -0.39 is 11.5 Å². The summed E-state index contributed by atoms with van der Waals surface area (Å²) in [4.78, 5) is 28.3. The number of aryl methyl sites for hydroxylation is 3. The summed E-state index contributed by atoms with van der Waals surface area (Å²) in [6.07, 6.45) is -0.336. The highest BCUT2D eigenvalue weighted by Gasteiger charge is 2.51. The Balaban J connectivity index is 1.74. The molecule has 4 nitrogen and oxygen atoms in total. The number of fused-ring (bicyclic) bond motifs is 1. The van der Waals surface area contributed by atoms with Crippen LogP contribution >= 0.6 is 27.5 Å². The van der Waals surface area contributed by atoms with Gasteiger partial charge in [-0.2, -0.15) is 0 Å². The maximum Gasteiger partial charge on any atom is 0.264 e. The molecule has 1 heterocycles. The summed E-state index contributed by atoms with van der Waals surface area (Å²) in [7, 11) is 0. The van der Waals surface area contributed by atoms with E-state index in [1.807, 2.05) is 57.2 Å². The topological polar surface area (TPSA) is 57.6 Å². The van der Waals surface area contributed by atoms with Crippen LogP contribution in [0.5, 0.6) is 0 Å². The monoisotopic (exact) mass is 511 g/mol. The van der Waals surface area contributed by atoms with Gasteiger partial charge in [0.25, 0.3) is 5.91 Å². The van der Waals surface area contributed by atoms with Crippen molar-refractivity contribution in [1.29, 1.82) is 0 Å². The fourth-order valence-electron chi connectivity index (χ4n) is 4.24. The van der Waals surface area contributed by atoms with Crippen LogP contribution in [-0.2, 0) is 16.9 Å². The zero-order valence-corrected chi connectivity index (χ0v) is 20.4. The van der Waals surface area contributed by atoms with E-state index in [9.17, 15) is 14.7 Å². The highest BCUT2D eigenvalue weighted by atomic mass is 79.9. The minimum absolute atomic E-state index is 0.201. The molecule has 0 saturated carbocycles. The second-order valence-corrected chi connectivity index (χ2v) is 9.68. The quantitative estimate of drug-likeness (QED) is 0.424. The molecule has 1 aliphatic rings. The average Bonchev–Trinajstić information content (AvgIpc) is 2.93. The highest BCUT2D eigenvalue weighted by molar-refractivity contribution is 9.10. The van der Waals surface area contributed by atoms with Crippen molar-refractivity contribution in [3.8, 4) is 0 Å². The van der Waals surface area contributed by atoms with Crippen molar-refractivity contribution in [2.24, 2.45) is 0 Å². The molecule has 164 valence electrons. The van der Waals surface area contributed by atoms with E-state index in [0.717, 1.165) is 26.7 Å². The average molecular weight is 513 g/mol. The van der Waals surface area contributed by atoms with Crippen LogP contribution in [0, 0.1) is 20.8 Å². The summed E-state index contributed by atoms with van der Waals surface area (Å²) in [6, 6.07) is 16.4. The molecule has 4 rings (SSSR count). The minimum atomic E-state index is -1.96. The molecule has 3 aromatic rings. The van der Waals surface area contributed by atoms with Gasteiger partial charge in [0.1, 0.15) is 0 Å². The molecule has 1 unspecified atom stereocenters. The van der Waals surface area contributed by atoms with Crippen molar-refractivity contribution >= 4 is 44.9 Å². The number of aliphatic hydroxyl groups is 1. The zero-order chi connectivity index (χ0) is 23.2. The Bertz CT molecular complexity index is 1260. The summed E-state index contributed by atoms with van der Waals surface area (Å²) in [5.41, 5.74) is 3.23. The van der Waals surface area contributed by atoms with Gasteiger partial charge in [-0.1, -0.05) is 51.8 Å². The van der Waals surface area contributed by atoms with E-state index in [4.69, 9.17) is 11.6 Å². The van der Waals surface area contributed by atoms with Crippen LogP contribution in [0.15, 0.2) is 59.1 Å². The number of carbonyl (C=O) groups excluding carboxylic acids is 2. The smallest absolute Gasteiger partial charge is 0.264 e. The van der Waals surface area contributed by atoms with Gasteiger partial charge in [-0.05, 0) is 73.4 Å². The maximum atomic E-state index is 13.5. The summed E-state index contributed by atoms with van der Waals surface area (Å²) < 4.78 is 0.719. The van der Waals surface area contributed by atoms with Crippen molar-refractivity contribution in [3.05, 3.63) is 97.5 Å². The van der Waals surface area contributed by atoms with Gasteiger partial charge in [-0.3, -0.25) is 9.59 Å². The molecular weight excluding hydrogens is 490 g/mol.